The van der Waals surface area contributed by atoms with E-state index in [0.717, 1.165) is 38.5 Å². The maximum absolute atomic E-state index is 12.2. The molecule has 1 unspecified atom stereocenters. The molecule has 1 atom stereocenters. The lowest BCUT2D eigenvalue weighted by molar-refractivity contribution is -0.123. The molecule has 1 aliphatic carbocycles. The van der Waals surface area contributed by atoms with Crippen molar-refractivity contribution in [1.82, 2.24) is 4.90 Å². The van der Waals surface area contributed by atoms with E-state index in [1.165, 1.54) is 51.4 Å². The summed E-state index contributed by atoms with van der Waals surface area (Å²) in [5.74, 6) is 0.207. The molecule has 0 spiro atoms. The first kappa shape index (κ1) is 21.0. The number of nitrogens with two attached hydrogens (primary N) is 1. The standard InChI is InChI=1S/C20H38N2O2/c1-2-3-4-5-6-7-8-9-10-14-17-22(20(21)24)18-15-12-11-13-16-19(18)23/h18H,2-17H2,1H3,(H2,21,24). The number of ketones is 1. The Hall–Kier alpha value is -1.06. The summed E-state index contributed by atoms with van der Waals surface area (Å²) in [7, 11) is 0. The van der Waals surface area contributed by atoms with Crippen LogP contribution in [0.1, 0.15) is 103 Å². The maximum atomic E-state index is 12.2. The van der Waals surface area contributed by atoms with Crippen molar-refractivity contribution < 1.29 is 9.59 Å². The molecular formula is C20H38N2O2. The highest BCUT2D eigenvalue weighted by molar-refractivity contribution is 5.88. The van der Waals surface area contributed by atoms with E-state index in [9.17, 15) is 9.59 Å². The van der Waals surface area contributed by atoms with E-state index >= 15 is 0 Å². The molecule has 1 saturated carbocycles. The number of carbonyl (C=O) groups is 2. The lowest BCUT2D eigenvalue weighted by atomic mass is 10.0. The number of nitrogens with zero attached hydrogens (tertiary/aromatic N) is 1. The minimum atomic E-state index is -0.425. The first-order valence-electron chi connectivity index (χ1n) is 10.3. The van der Waals surface area contributed by atoms with Gasteiger partial charge in [-0.3, -0.25) is 4.79 Å². The van der Waals surface area contributed by atoms with Gasteiger partial charge in [-0.2, -0.15) is 0 Å². The first-order valence-corrected chi connectivity index (χ1v) is 10.3. The van der Waals surface area contributed by atoms with E-state index in [1.807, 2.05) is 0 Å². The molecule has 2 amide bonds. The van der Waals surface area contributed by atoms with Crippen LogP contribution >= 0.6 is 0 Å². The smallest absolute Gasteiger partial charge is 0.315 e. The van der Waals surface area contributed by atoms with Crippen molar-refractivity contribution in [1.29, 1.82) is 0 Å². The molecule has 24 heavy (non-hydrogen) atoms. The van der Waals surface area contributed by atoms with Crippen molar-refractivity contribution in [2.75, 3.05) is 6.54 Å². The fourth-order valence-corrected chi connectivity index (χ4v) is 3.66. The molecule has 1 aliphatic rings. The third-order valence-electron chi connectivity index (χ3n) is 5.18. The molecule has 1 rings (SSSR count). The highest BCUT2D eigenvalue weighted by Crippen LogP contribution is 2.20. The number of amides is 2. The fraction of sp³-hybridized carbons (Fsp3) is 0.900. The summed E-state index contributed by atoms with van der Waals surface area (Å²) < 4.78 is 0. The zero-order valence-corrected chi connectivity index (χ0v) is 15.7. The van der Waals surface area contributed by atoms with Crippen molar-refractivity contribution in [3.63, 3.8) is 0 Å². The Kier molecular flexibility index (Phi) is 11.6. The van der Waals surface area contributed by atoms with Crippen LogP contribution in [0.25, 0.3) is 0 Å². The summed E-state index contributed by atoms with van der Waals surface area (Å²) in [6, 6.07) is -0.685. The van der Waals surface area contributed by atoms with E-state index in [4.69, 9.17) is 5.73 Å². The number of carbonyl (C=O) groups excluding carboxylic acids is 2. The normalized spacial score (nSPS) is 18.4. The van der Waals surface area contributed by atoms with Gasteiger partial charge in [-0.25, -0.2) is 4.79 Å². The molecule has 0 saturated heterocycles. The Morgan fingerprint density at radius 1 is 0.958 bits per heavy atom. The van der Waals surface area contributed by atoms with Gasteiger partial charge in [0.2, 0.25) is 0 Å². The van der Waals surface area contributed by atoms with Crippen molar-refractivity contribution in [2.45, 2.75) is 109 Å². The summed E-state index contributed by atoms with van der Waals surface area (Å²) in [5, 5.41) is 0. The Labute approximate surface area is 148 Å². The van der Waals surface area contributed by atoms with Crippen molar-refractivity contribution in [3.05, 3.63) is 0 Å². The van der Waals surface area contributed by atoms with Crippen LogP contribution in [0.4, 0.5) is 4.79 Å². The Morgan fingerprint density at radius 3 is 2.12 bits per heavy atom. The Morgan fingerprint density at radius 2 is 1.54 bits per heavy atom. The van der Waals surface area contributed by atoms with E-state index in [2.05, 4.69) is 6.92 Å². The van der Waals surface area contributed by atoms with Crippen LogP contribution in [0.3, 0.4) is 0 Å². The summed E-state index contributed by atoms with van der Waals surface area (Å²) in [6.45, 7) is 2.89. The van der Waals surface area contributed by atoms with Crippen LogP contribution in [0.15, 0.2) is 0 Å². The van der Waals surface area contributed by atoms with Gasteiger partial charge in [-0.1, -0.05) is 77.6 Å². The molecule has 0 aromatic heterocycles. The molecule has 140 valence electrons. The van der Waals surface area contributed by atoms with Crippen LogP contribution < -0.4 is 5.73 Å². The van der Waals surface area contributed by atoms with Gasteiger partial charge in [-0.15, -0.1) is 0 Å². The number of hydrogen-bond acceptors (Lipinski definition) is 2. The van der Waals surface area contributed by atoms with Gasteiger partial charge < -0.3 is 10.6 Å². The Balaban J connectivity index is 2.15. The summed E-state index contributed by atoms with van der Waals surface area (Å²) >= 11 is 0. The zero-order chi connectivity index (χ0) is 17.6. The lowest BCUT2D eigenvalue weighted by Gasteiger charge is -2.28. The second-order valence-corrected chi connectivity index (χ2v) is 7.30. The summed E-state index contributed by atoms with van der Waals surface area (Å²) in [5.41, 5.74) is 5.54. The van der Waals surface area contributed by atoms with Crippen LogP contribution in [-0.4, -0.2) is 29.3 Å². The molecule has 4 heteroatoms. The number of rotatable bonds is 12. The average Bonchev–Trinajstić information content (AvgIpc) is 2.77. The molecule has 0 aromatic carbocycles. The number of urea groups is 1. The fourth-order valence-electron chi connectivity index (χ4n) is 3.66. The minimum Gasteiger partial charge on any atom is -0.351 e. The third-order valence-corrected chi connectivity index (χ3v) is 5.18. The number of hydrogen-bond donors (Lipinski definition) is 1. The minimum absolute atomic E-state index is 0.207. The molecular weight excluding hydrogens is 300 g/mol. The predicted octanol–water partition coefficient (Wildman–Crippen LogP) is 5.19. The summed E-state index contributed by atoms with van der Waals surface area (Å²) in [4.78, 5) is 25.6. The van der Waals surface area contributed by atoms with Crippen molar-refractivity contribution >= 4 is 11.8 Å². The molecule has 1 fully saturated rings. The highest BCUT2D eigenvalue weighted by Gasteiger charge is 2.28. The number of primary amides is 1. The van der Waals surface area contributed by atoms with Crippen LogP contribution in [0.2, 0.25) is 0 Å². The highest BCUT2D eigenvalue weighted by atomic mass is 16.2. The van der Waals surface area contributed by atoms with Gasteiger partial charge in [0, 0.05) is 13.0 Å². The van der Waals surface area contributed by atoms with Gasteiger partial charge >= 0.3 is 6.03 Å². The third kappa shape index (κ3) is 8.70. The van der Waals surface area contributed by atoms with Gasteiger partial charge in [0.05, 0.1) is 6.04 Å². The maximum Gasteiger partial charge on any atom is 0.315 e. The average molecular weight is 339 g/mol. The second kappa shape index (κ2) is 13.3. The molecule has 0 radical (unpaired) electrons. The SMILES string of the molecule is CCCCCCCCCCCCN(C(N)=O)C1CCCCCC1=O. The monoisotopic (exact) mass is 338 g/mol. The number of Topliss-reactive ketones (excluding diaryl/α,β-unsaturated/α-hetero) is 1. The largest absolute Gasteiger partial charge is 0.351 e. The van der Waals surface area contributed by atoms with E-state index in [1.54, 1.807) is 4.90 Å². The first-order chi connectivity index (χ1) is 11.7. The van der Waals surface area contributed by atoms with E-state index in [0.29, 0.717) is 13.0 Å². The lowest BCUT2D eigenvalue weighted by Crippen LogP contribution is -2.47. The zero-order valence-electron chi connectivity index (χ0n) is 15.7. The predicted molar refractivity (Wildman–Crippen MR) is 100 cm³/mol. The van der Waals surface area contributed by atoms with Crippen molar-refractivity contribution in [3.8, 4) is 0 Å². The molecule has 2 N–H and O–H groups in total. The van der Waals surface area contributed by atoms with Gasteiger partial charge in [0.25, 0.3) is 0 Å². The van der Waals surface area contributed by atoms with Gasteiger partial charge in [0.1, 0.15) is 0 Å². The van der Waals surface area contributed by atoms with Crippen LogP contribution in [-0.2, 0) is 4.79 Å². The number of unbranched alkanes of at least 4 members (excludes halogenated alkanes) is 9. The summed E-state index contributed by atoms with van der Waals surface area (Å²) in [6.07, 6.45) is 17.1. The second-order valence-electron chi connectivity index (χ2n) is 7.30. The molecule has 0 heterocycles. The van der Waals surface area contributed by atoms with Crippen LogP contribution in [0, 0.1) is 0 Å². The van der Waals surface area contributed by atoms with Crippen molar-refractivity contribution in [2.24, 2.45) is 5.73 Å². The molecule has 4 nitrogen and oxygen atoms in total. The Bertz CT molecular complexity index is 358. The topological polar surface area (TPSA) is 63.4 Å². The van der Waals surface area contributed by atoms with Crippen LogP contribution in [0.5, 0.6) is 0 Å². The molecule has 0 bridgehead atoms. The molecule has 0 aromatic rings. The van der Waals surface area contributed by atoms with Gasteiger partial charge in [-0.05, 0) is 19.3 Å². The molecule has 0 aliphatic heterocycles. The quantitative estimate of drug-likeness (QED) is 0.393. The van der Waals surface area contributed by atoms with E-state index in [-0.39, 0.29) is 11.8 Å². The van der Waals surface area contributed by atoms with E-state index < -0.39 is 6.03 Å². The van der Waals surface area contributed by atoms with Gasteiger partial charge in [0.15, 0.2) is 5.78 Å².